The van der Waals surface area contributed by atoms with Gasteiger partial charge in [-0.2, -0.15) is 0 Å². The van der Waals surface area contributed by atoms with Crippen molar-refractivity contribution in [2.75, 3.05) is 5.73 Å². The molecule has 0 saturated heterocycles. The molecule has 0 radical (unpaired) electrons. The molecule has 0 unspecified atom stereocenters. The van der Waals surface area contributed by atoms with Crippen molar-refractivity contribution in [2.24, 2.45) is 4.99 Å². The first-order chi connectivity index (χ1) is 9.24. The van der Waals surface area contributed by atoms with Crippen LogP contribution in [0.3, 0.4) is 0 Å². The van der Waals surface area contributed by atoms with Gasteiger partial charge >= 0.3 is 0 Å². The van der Waals surface area contributed by atoms with Crippen LogP contribution in [0.4, 0.5) is 5.69 Å². The number of aromatic nitrogens is 1. The molecule has 2 N–H and O–H groups in total. The van der Waals surface area contributed by atoms with E-state index in [0.29, 0.717) is 22.3 Å². The highest BCUT2D eigenvalue weighted by Gasteiger charge is 2.04. The van der Waals surface area contributed by atoms with E-state index in [1.807, 2.05) is 51.1 Å². The first kappa shape index (κ1) is 14.7. The molecular weight excluding hydrogens is 238 g/mol. The number of hydrogen-bond acceptors (Lipinski definition) is 4. The third-order valence-electron chi connectivity index (χ3n) is 2.31. The number of anilines is 1. The highest BCUT2D eigenvalue weighted by atomic mass is 16.3. The third kappa shape index (κ3) is 3.55. The summed E-state index contributed by atoms with van der Waals surface area (Å²) in [6.07, 6.45) is 3.41. The van der Waals surface area contributed by atoms with Gasteiger partial charge in [-0.1, -0.05) is 13.8 Å². The number of nitrogens with zero attached hydrogens (tertiary/aromatic N) is 2. The maximum Gasteiger partial charge on any atom is 0.227 e. The molecule has 19 heavy (non-hydrogen) atoms. The van der Waals surface area contributed by atoms with Gasteiger partial charge in [0.05, 0.1) is 6.20 Å². The summed E-state index contributed by atoms with van der Waals surface area (Å²) in [7, 11) is 0. The molecule has 0 amide bonds. The fraction of sp³-hybridized carbons (Fsp3) is 0.200. The lowest BCUT2D eigenvalue weighted by atomic mass is 10.2. The van der Waals surface area contributed by atoms with E-state index < -0.39 is 0 Å². The average Bonchev–Trinajstić information content (AvgIpc) is 2.85. The Hall–Kier alpha value is -2.36. The second kappa shape index (κ2) is 7.16. The summed E-state index contributed by atoms with van der Waals surface area (Å²) in [6, 6.07) is 7.35. The van der Waals surface area contributed by atoms with Crippen LogP contribution in [0.5, 0.6) is 0 Å². The Kier molecular flexibility index (Phi) is 5.54. The molecule has 1 aromatic carbocycles. The summed E-state index contributed by atoms with van der Waals surface area (Å²) in [5.74, 6) is 0.549. The minimum Gasteiger partial charge on any atom is -0.436 e. The molecule has 0 saturated carbocycles. The molecule has 4 nitrogen and oxygen atoms in total. The van der Waals surface area contributed by atoms with Gasteiger partial charge in [-0.05, 0) is 44.0 Å². The first-order valence-corrected chi connectivity index (χ1v) is 6.19. The maximum absolute atomic E-state index is 5.63. The molecule has 2 rings (SSSR count). The van der Waals surface area contributed by atoms with Crippen LogP contribution in [0.2, 0.25) is 0 Å². The second-order valence-electron chi connectivity index (χ2n) is 3.49. The highest BCUT2D eigenvalue weighted by molar-refractivity contribution is 5.57. The quantitative estimate of drug-likeness (QED) is 0.662. The number of benzene rings is 1. The van der Waals surface area contributed by atoms with Gasteiger partial charge in [-0.15, -0.1) is 0 Å². The lowest BCUT2D eigenvalue weighted by molar-refractivity contribution is 0.540. The van der Waals surface area contributed by atoms with Gasteiger partial charge < -0.3 is 10.2 Å². The van der Waals surface area contributed by atoms with Gasteiger partial charge in [-0.3, -0.25) is 4.99 Å². The Labute approximate surface area is 113 Å². The van der Waals surface area contributed by atoms with Crippen molar-refractivity contribution in [1.82, 2.24) is 4.98 Å². The Balaban J connectivity index is 0.000000861. The zero-order valence-electron chi connectivity index (χ0n) is 11.6. The van der Waals surface area contributed by atoms with Crippen molar-refractivity contribution in [3.8, 4) is 11.5 Å². The SMILES string of the molecule is C=N/C=c1/nc(-c2ccc(N)cc2)o/c1=C/C.CC. The van der Waals surface area contributed by atoms with Crippen molar-refractivity contribution in [3.63, 3.8) is 0 Å². The summed E-state index contributed by atoms with van der Waals surface area (Å²) in [6.45, 7) is 9.29. The van der Waals surface area contributed by atoms with E-state index in [9.17, 15) is 0 Å². The maximum atomic E-state index is 5.63. The van der Waals surface area contributed by atoms with Crippen LogP contribution >= 0.6 is 0 Å². The topological polar surface area (TPSA) is 64.4 Å². The molecule has 1 aromatic heterocycles. The fourth-order valence-electron chi connectivity index (χ4n) is 1.48. The van der Waals surface area contributed by atoms with Crippen LogP contribution < -0.4 is 16.5 Å². The normalized spacial score (nSPS) is 11.9. The summed E-state index contributed by atoms with van der Waals surface area (Å²) in [5, 5.41) is 0.675. The molecule has 0 aliphatic rings. The molecule has 0 aliphatic carbocycles. The molecule has 4 heteroatoms. The molecule has 0 spiro atoms. The van der Waals surface area contributed by atoms with Crippen molar-refractivity contribution < 1.29 is 4.42 Å². The second-order valence-corrected chi connectivity index (χ2v) is 3.49. The first-order valence-electron chi connectivity index (χ1n) is 6.19. The van der Waals surface area contributed by atoms with E-state index in [1.54, 1.807) is 6.20 Å². The van der Waals surface area contributed by atoms with Gasteiger partial charge in [0.25, 0.3) is 0 Å². The molecule has 0 bridgehead atoms. The van der Waals surface area contributed by atoms with Crippen LogP contribution in [-0.2, 0) is 0 Å². The summed E-state index contributed by atoms with van der Waals surface area (Å²) in [4.78, 5) is 8.04. The Bertz CT molecular complexity index is 639. The lowest BCUT2D eigenvalue weighted by Gasteiger charge is -1.95. The molecular formula is C15H19N3O. The van der Waals surface area contributed by atoms with Crippen LogP contribution in [0.15, 0.2) is 33.7 Å². The predicted octanol–water partition coefficient (Wildman–Crippen LogP) is 2.19. The Morgan fingerprint density at radius 1 is 1.26 bits per heavy atom. The molecule has 100 valence electrons. The number of nitrogen functional groups attached to an aromatic ring is 1. The monoisotopic (exact) mass is 257 g/mol. The van der Waals surface area contributed by atoms with Gasteiger partial charge in [-0.25, -0.2) is 4.98 Å². The van der Waals surface area contributed by atoms with Crippen LogP contribution in [0.1, 0.15) is 20.8 Å². The van der Waals surface area contributed by atoms with E-state index in [4.69, 9.17) is 10.2 Å². The zero-order valence-corrected chi connectivity index (χ0v) is 11.6. The average molecular weight is 257 g/mol. The number of hydrogen-bond donors (Lipinski definition) is 1. The van der Waals surface area contributed by atoms with Crippen molar-refractivity contribution in [2.45, 2.75) is 20.8 Å². The van der Waals surface area contributed by atoms with Crippen molar-refractivity contribution in [1.29, 1.82) is 0 Å². The molecule has 1 heterocycles. The Morgan fingerprint density at radius 3 is 2.42 bits per heavy atom. The minimum atomic E-state index is 0.549. The van der Waals surface area contributed by atoms with E-state index in [1.165, 1.54) is 0 Å². The largest absolute Gasteiger partial charge is 0.436 e. The standard InChI is InChI=1S/C13H13N3O.C2H6/c1-3-12-11(8-15-2)16-13(17-12)9-4-6-10(14)7-5-9;1-2/h3-8H,2,14H2,1H3;1-2H3/b11-8+,12-3+;. The van der Waals surface area contributed by atoms with E-state index in [-0.39, 0.29) is 0 Å². The number of oxazole rings is 1. The van der Waals surface area contributed by atoms with Crippen LogP contribution in [-0.4, -0.2) is 11.7 Å². The number of rotatable bonds is 2. The number of aliphatic imine (C=N–C) groups is 1. The zero-order chi connectivity index (χ0) is 14.3. The predicted molar refractivity (Wildman–Crippen MR) is 81.1 cm³/mol. The van der Waals surface area contributed by atoms with Gasteiger partial charge in [0.2, 0.25) is 5.89 Å². The third-order valence-corrected chi connectivity index (χ3v) is 2.31. The lowest BCUT2D eigenvalue weighted by Crippen LogP contribution is -2.20. The minimum absolute atomic E-state index is 0.549. The summed E-state index contributed by atoms with van der Waals surface area (Å²) in [5.41, 5.74) is 7.90. The molecule has 0 fully saturated rings. The van der Waals surface area contributed by atoms with E-state index in [0.717, 1.165) is 5.56 Å². The van der Waals surface area contributed by atoms with Gasteiger partial charge in [0.1, 0.15) is 5.35 Å². The molecule has 0 aliphatic heterocycles. The summed E-state index contributed by atoms with van der Waals surface area (Å²) < 4.78 is 5.62. The number of nitrogens with two attached hydrogens (primary N) is 1. The molecule has 0 atom stereocenters. The van der Waals surface area contributed by atoms with Gasteiger partial charge in [0.15, 0.2) is 5.42 Å². The smallest absolute Gasteiger partial charge is 0.227 e. The van der Waals surface area contributed by atoms with Crippen molar-refractivity contribution >= 4 is 24.7 Å². The fourth-order valence-corrected chi connectivity index (χ4v) is 1.48. The highest BCUT2D eigenvalue weighted by Crippen LogP contribution is 2.15. The van der Waals surface area contributed by atoms with Crippen LogP contribution in [0.25, 0.3) is 23.7 Å². The van der Waals surface area contributed by atoms with E-state index in [2.05, 4.69) is 16.7 Å². The van der Waals surface area contributed by atoms with Gasteiger partial charge in [0, 0.05) is 11.3 Å². The molecule has 2 aromatic rings. The summed E-state index contributed by atoms with van der Waals surface area (Å²) >= 11 is 0. The van der Waals surface area contributed by atoms with Crippen LogP contribution in [0, 0.1) is 0 Å². The van der Waals surface area contributed by atoms with Crippen molar-refractivity contribution in [3.05, 3.63) is 35.0 Å². The Morgan fingerprint density at radius 2 is 1.89 bits per heavy atom. The van der Waals surface area contributed by atoms with E-state index >= 15 is 0 Å².